The third-order valence-corrected chi connectivity index (χ3v) is 3.58. The van der Waals surface area contributed by atoms with Crippen LogP contribution in [0.1, 0.15) is 71.1 Å². The second-order valence-electron chi connectivity index (χ2n) is 5.43. The highest BCUT2D eigenvalue weighted by Crippen LogP contribution is 2.19. The number of aliphatic hydroxyl groups is 1. The van der Waals surface area contributed by atoms with Gasteiger partial charge >= 0.3 is 5.97 Å². The van der Waals surface area contributed by atoms with Crippen molar-refractivity contribution < 1.29 is 14.6 Å². The molecule has 0 bridgehead atoms. The highest BCUT2D eigenvalue weighted by atomic mass is 16.5. The summed E-state index contributed by atoms with van der Waals surface area (Å²) < 4.78 is 5.16. The van der Waals surface area contributed by atoms with Crippen LogP contribution >= 0.6 is 0 Å². The summed E-state index contributed by atoms with van der Waals surface area (Å²) in [7, 11) is 0. The first-order valence-electron chi connectivity index (χ1n) is 7.76. The van der Waals surface area contributed by atoms with Crippen LogP contribution in [0.3, 0.4) is 0 Å². The van der Waals surface area contributed by atoms with Crippen LogP contribution in [0.25, 0.3) is 0 Å². The van der Waals surface area contributed by atoms with Crippen molar-refractivity contribution in [3.05, 3.63) is 12.2 Å². The second-order valence-corrected chi connectivity index (χ2v) is 5.43. The van der Waals surface area contributed by atoms with Gasteiger partial charge in [0.05, 0.1) is 6.10 Å². The lowest BCUT2D eigenvalue weighted by Crippen LogP contribution is -2.07. The molecule has 1 rings (SSSR count). The maximum Gasteiger partial charge on any atom is 0.306 e. The minimum atomic E-state index is -0.312. The van der Waals surface area contributed by atoms with E-state index in [4.69, 9.17) is 4.74 Å². The lowest BCUT2D eigenvalue weighted by Gasteiger charge is -2.09. The Balaban J connectivity index is 1.94. The number of hydrogen-bond donors (Lipinski definition) is 1. The van der Waals surface area contributed by atoms with Gasteiger partial charge in [-0.25, -0.2) is 0 Å². The molecule has 1 saturated heterocycles. The zero-order valence-corrected chi connectivity index (χ0v) is 12.1. The first kappa shape index (κ1) is 16.2. The summed E-state index contributed by atoms with van der Waals surface area (Å²) in [6.07, 6.45) is 13.9. The minimum absolute atomic E-state index is 0.0555. The van der Waals surface area contributed by atoms with Crippen LogP contribution < -0.4 is 0 Å². The third kappa shape index (κ3) is 8.04. The zero-order chi connectivity index (χ0) is 13.9. The van der Waals surface area contributed by atoms with Crippen molar-refractivity contribution in [2.24, 2.45) is 0 Å². The van der Waals surface area contributed by atoms with Gasteiger partial charge in [-0.1, -0.05) is 38.3 Å². The molecule has 0 aromatic carbocycles. The van der Waals surface area contributed by atoms with Crippen LogP contribution in [0.15, 0.2) is 12.2 Å². The molecule has 3 heteroatoms. The Morgan fingerprint density at radius 3 is 2.89 bits per heavy atom. The largest absolute Gasteiger partial charge is 0.462 e. The molecule has 110 valence electrons. The molecule has 0 amide bonds. The van der Waals surface area contributed by atoms with Crippen molar-refractivity contribution in [3.63, 3.8) is 0 Å². The Labute approximate surface area is 117 Å². The fourth-order valence-corrected chi connectivity index (χ4v) is 2.37. The fraction of sp³-hybridized carbons (Fsp3) is 0.812. The van der Waals surface area contributed by atoms with Crippen LogP contribution in [0.2, 0.25) is 0 Å². The zero-order valence-electron chi connectivity index (χ0n) is 12.1. The van der Waals surface area contributed by atoms with Crippen LogP contribution in [0.4, 0.5) is 0 Å². The molecule has 3 nitrogen and oxygen atoms in total. The third-order valence-electron chi connectivity index (χ3n) is 3.58. The number of carbonyl (C=O) groups excluding carboxylic acids is 1. The Bertz CT molecular complexity index is 273. The molecular formula is C16H28O3. The molecule has 1 aliphatic heterocycles. The quantitative estimate of drug-likeness (QED) is 0.373. The molecule has 0 saturated carbocycles. The average Bonchev–Trinajstić information content (AvgIpc) is 2.80. The molecule has 0 aromatic rings. The van der Waals surface area contributed by atoms with Crippen molar-refractivity contribution in [2.45, 2.75) is 83.3 Å². The van der Waals surface area contributed by atoms with E-state index >= 15 is 0 Å². The molecular weight excluding hydrogens is 240 g/mol. The number of unbranched alkanes of at least 4 members (excludes halogenated alkanes) is 4. The van der Waals surface area contributed by atoms with Gasteiger partial charge in [0.15, 0.2) is 0 Å². The highest BCUT2D eigenvalue weighted by molar-refractivity contribution is 5.71. The maximum absolute atomic E-state index is 10.9. The van der Waals surface area contributed by atoms with Gasteiger partial charge in [0.25, 0.3) is 0 Å². The van der Waals surface area contributed by atoms with E-state index < -0.39 is 0 Å². The molecule has 1 fully saturated rings. The first-order valence-corrected chi connectivity index (χ1v) is 7.76. The van der Waals surface area contributed by atoms with E-state index in [2.05, 4.69) is 13.0 Å². The number of aliphatic hydroxyl groups excluding tert-OH is 1. The Morgan fingerprint density at radius 2 is 2.21 bits per heavy atom. The van der Waals surface area contributed by atoms with Gasteiger partial charge in [0.2, 0.25) is 0 Å². The van der Waals surface area contributed by atoms with Crippen LogP contribution in [-0.4, -0.2) is 23.3 Å². The molecule has 2 atom stereocenters. The molecule has 0 radical (unpaired) electrons. The van der Waals surface area contributed by atoms with E-state index in [1.165, 1.54) is 19.3 Å². The summed E-state index contributed by atoms with van der Waals surface area (Å²) in [4.78, 5) is 10.9. The van der Waals surface area contributed by atoms with Crippen molar-refractivity contribution in [3.8, 4) is 0 Å². The molecule has 1 N–H and O–H groups in total. The summed E-state index contributed by atoms with van der Waals surface area (Å²) in [6, 6.07) is 0. The van der Waals surface area contributed by atoms with Gasteiger partial charge in [-0.2, -0.15) is 0 Å². The minimum Gasteiger partial charge on any atom is -0.462 e. The predicted octanol–water partition coefficient (Wildman–Crippen LogP) is 3.75. The van der Waals surface area contributed by atoms with E-state index in [0.717, 1.165) is 38.5 Å². The van der Waals surface area contributed by atoms with Gasteiger partial charge in [-0.15, -0.1) is 0 Å². The van der Waals surface area contributed by atoms with Gasteiger partial charge in [0.1, 0.15) is 6.10 Å². The summed E-state index contributed by atoms with van der Waals surface area (Å²) in [6.45, 7) is 2.19. The topological polar surface area (TPSA) is 46.5 Å². The number of carbonyl (C=O) groups is 1. The summed E-state index contributed by atoms with van der Waals surface area (Å²) in [5, 5.41) is 9.77. The molecule has 19 heavy (non-hydrogen) atoms. The second kappa shape index (κ2) is 10.0. The first-order chi connectivity index (χ1) is 9.22. The maximum atomic E-state index is 10.9. The van der Waals surface area contributed by atoms with Crippen LogP contribution in [0.5, 0.6) is 0 Å². The van der Waals surface area contributed by atoms with Crippen LogP contribution in [0, 0.1) is 0 Å². The number of hydrogen-bond acceptors (Lipinski definition) is 3. The van der Waals surface area contributed by atoms with Crippen molar-refractivity contribution in [2.75, 3.05) is 0 Å². The van der Waals surface area contributed by atoms with Gasteiger partial charge in [-0.05, 0) is 38.5 Å². The normalized spacial score (nSPS) is 20.9. The van der Waals surface area contributed by atoms with Crippen molar-refractivity contribution >= 4 is 5.97 Å². The molecule has 0 aromatic heterocycles. The van der Waals surface area contributed by atoms with Gasteiger partial charge in [-0.3, -0.25) is 4.79 Å². The molecule has 1 aliphatic rings. The number of allylic oxidation sites excluding steroid dienone is 1. The molecule has 0 aliphatic carbocycles. The van der Waals surface area contributed by atoms with E-state index in [-0.39, 0.29) is 18.2 Å². The van der Waals surface area contributed by atoms with Crippen molar-refractivity contribution in [1.29, 1.82) is 0 Å². The Kier molecular flexibility index (Phi) is 8.55. The molecule has 2 unspecified atom stereocenters. The Morgan fingerprint density at radius 1 is 1.37 bits per heavy atom. The number of ether oxygens (including phenoxy) is 1. The number of esters is 1. The Hall–Kier alpha value is -0.830. The van der Waals surface area contributed by atoms with Gasteiger partial charge < -0.3 is 9.84 Å². The smallest absolute Gasteiger partial charge is 0.306 e. The SMILES string of the molecule is CCCCCC=CC(O)CCCCC1CCC(=O)O1. The fourth-order valence-electron chi connectivity index (χ4n) is 2.37. The van der Waals surface area contributed by atoms with Crippen LogP contribution in [-0.2, 0) is 9.53 Å². The molecule has 1 heterocycles. The average molecular weight is 268 g/mol. The summed E-state index contributed by atoms with van der Waals surface area (Å²) >= 11 is 0. The summed E-state index contributed by atoms with van der Waals surface area (Å²) in [5.74, 6) is -0.0555. The van der Waals surface area contributed by atoms with E-state index in [1.807, 2.05) is 6.08 Å². The molecule has 0 spiro atoms. The monoisotopic (exact) mass is 268 g/mol. The van der Waals surface area contributed by atoms with Gasteiger partial charge in [0, 0.05) is 6.42 Å². The van der Waals surface area contributed by atoms with Crippen molar-refractivity contribution in [1.82, 2.24) is 0 Å². The van der Waals surface area contributed by atoms with E-state index in [1.54, 1.807) is 0 Å². The lowest BCUT2D eigenvalue weighted by atomic mass is 10.1. The number of cyclic esters (lactones) is 1. The lowest BCUT2D eigenvalue weighted by molar-refractivity contribution is -0.141. The van der Waals surface area contributed by atoms with E-state index in [9.17, 15) is 9.90 Å². The van der Waals surface area contributed by atoms with E-state index in [0.29, 0.717) is 6.42 Å². The predicted molar refractivity (Wildman–Crippen MR) is 76.9 cm³/mol. The number of rotatable bonds is 10. The highest BCUT2D eigenvalue weighted by Gasteiger charge is 2.22. The standard InChI is InChI=1S/C16H28O3/c1-2-3-4-5-6-9-14(17)10-7-8-11-15-12-13-16(18)19-15/h6,9,14-15,17H,2-5,7-8,10-13H2,1H3. The summed E-state index contributed by atoms with van der Waals surface area (Å²) in [5.41, 5.74) is 0.